The van der Waals surface area contributed by atoms with Gasteiger partial charge in [-0.2, -0.15) is 0 Å². The van der Waals surface area contributed by atoms with Crippen molar-refractivity contribution >= 4 is 5.69 Å². The molecule has 1 heterocycles. The molecule has 3 N–H and O–H groups in total. The summed E-state index contributed by atoms with van der Waals surface area (Å²) < 4.78 is 0. The van der Waals surface area contributed by atoms with E-state index in [2.05, 4.69) is 4.98 Å². The summed E-state index contributed by atoms with van der Waals surface area (Å²) in [5.74, 6) is 0. The first-order valence-electron chi connectivity index (χ1n) is 4.72. The molecule has 0 saturated heterocycles. The van der Waals surface area contributed by atoms with Crippen molar-refractivity contribution < 1.29 is 5.11 Å². The quantitative estimate of drug-likeness (QED) is 0.726. The van der Waals surface area contributed by atoms with Gasteiger partial charge in [0.1, 0.15) is 6.10 Å². The fourth-order valence-corrected chi connectivity index (χ4v) is 1.46. The third-order valence-electron chi connectivity index (χ3n) is 2.26. The van der Waals surface area contributed by atoms with Crippen molar-refractivity contribution in [2.45, 2.75) is 6.10 Å². The van der Waals surface area contributed by atoms with Crippen LogP contribution in [0.1, 0.15) is 17.4 Å². The summed E-state index contributed by atoms with van der Waals surface area (Å²) >= 11 is 0. The lowest BCUT2D eigenvalue weighted by Crippen LogP contribution is -2.04. The highest BCUT2D eigenvalue weighted by molar-refractivity contribution is 5.49. The number of aliphatic hydroxyl groups is 1. The Morgan fingerprint density at radius 2 is 1.80 bits per heavy atom. The highest BCUT2D eigenvalue weighted by Crippen LogP contribution is 2.24. The maximum absolute atomic E-state index is 10.0. The number of para-hydroxylation sites is 1. The van der Waals surface area contributed by atoms with E-state index in [-0.39, 0.29) is 0 Å². The summed E-state index contributed by atoms with van der Waals surface area (Å²) in [7, 11) is 0. The summed E-state index contributed by atoms with van der Waals surface area (Å²) in [5, 5.41) is 10.0. The van der Waals surface area contributed by atoms with E-state index in [4.69, 9.17) is 5.73 Å². The molecule has 2 rings (SSSR count). The van der Waals surface area contributed by atoms with Crippen molar-refractivity contribution in [3.05, 3.63) is 59.9 Å². The lowest BCUT2D eigenvalue weighted by molar-refractivity contribution is 0.216. The topological polar surface area (TPSA) is 59.1 Å². The Morgan fingerprint density at radius 1 is 1.07 bits per heavy atom. The standard InChI is InChI=1S/C12H12N2O/c13-10-6-2-1-5-9(10)12(15)11-7-3-4-8-14-11/h1-8,12,15H,13H2. The molecular formula is C12H12N2O. The van der Waals surface area contributed by atoms with Gasteiger partial charge < -0.3 is 10.8 Å². The highest BCUT2D eigenvalue weighted by atomic mass is 16.3. The number of nitrogens with zero attached hydrogens (tertiary/aromatic N) is 1. The zero-order valence-corrected chi connectivity index (χ0v) is 8.17. The molecule has 1 unspecified atom stereocenters. The van der Waals surface area contributed by atoms with Gasteiger partial charge >= 0.3 is 0 Å². The number of aromatic nitrogens is 1. The van der Waals surface area contributed by atoms with Crippen molar-refractivity contribution in [3.63, 3.8) is 0 Å². The molecule has 0 amide bonds. The minimum Gasteiger partial charge on any atom is -0.398 e. The molecule has 3 nitrogen and oxygen atoms in total. The Morgan fingerprint density at radius 3 is 2.47 bits per heavy atom. The smallest absolute Gasteiger partial charge is 0.123 e. The van der Waals surface area contributed by atoms with Crippen LogP contribution in [0, 0.1) is 0 Å². The van der Waals surface area contributed by atoms with Crippen LogP contribution < -0.4 is 5.73 Å². The molecule has 1 aromatic carbocycles. The second-order valence-corrected chi connectivity index (χ2v) is 3.29. The molecule has 1 atom stereocenters. The maximum atomic E-state index is 10.0. The monoisotopic (exact) mass is 200 g/mol. The third kappa shape index (κ3) is 1.97. The number of nitrogens with two attached hydrogens (primary N) is 1. The average Bonchev–Trinajstić information content (AvgIpc) is 2.30. The highest BCUT2D eigenvalue weighted by Gasteiger charge is 2.13. The molecule has 1 aromatic heterocycles. The van der Waals surface area contributed by atoms with Gasteiger partial charge in [0.05, 0.1) is 5.69 Å². The summed E-state index contributed by atoms with van der Waals surface area (Å²) in [4.78, 5) is 4.09. The number of benzene rings is 1. The fourth-order valence-electron chi connectivity index (χ4n) is 1.46. The molecule has 0 fully saturated rings. The molecule has 0 aliphatic rings. The van der Waals surface area contributed by atoms with Gasteiger partial charge in [-0.25, -0.2) is 0 Å². The second kappa shape index (κ2) is 4.11. The third-order valence-corrected chi connectivity index (χ3v) is 2.26. The van der Waals surface area contributed by atoms with Crippen molar-refractivity contribution in [3.8, 4) is 0 Å². The van der Waals surface area contributed by atoms with Gasteiger partial charge in [0.15, 0.2) is 0 Å². The van der Waals surface area contributed by atoms with Crippen LogP contribution in [-0.4, -0.2) is 10.1 Å². The van der Waals surface area contributed by atoms with E-state index in [0.717, 1.165) is 0 Å². The van der Waals surface area contributed by atoms with E-state index in [1.165, 1.54) is 0 Å². The van der Waals surface area contributed by atoms with Gasteiger partial charge in [0, 0.05) is 17.4 Å². The van der Waals surface area contributed by atoms with Gasteiger partial charge in [-0.15, -0.1) is 0 Å². The van der Waals surface area contributed by atoms with Crippen LogP contribution in [0.3, 0.4) is 0 Å². The van der Waals surface area contributed by atoms with Crippen LogP contribution in [0.15, 0.2) is 48.7 Å². The molecule has 0 saturated carbocycles. The first-order chi connectivity index (χ1) is 7.29. The van der Waals surface area contributed by atoms with E-state index in [0.29, 0.717) is 16.9 Å². The number of pyridine rings is 1. The van der Waals surface area contributed by atoms with E-state index in [1.807, 2.05) is 24.3 Å². The van der Waals surface area contributed by atoms with E-state index in [1.54, 1.807) is 24.4 Å². The molecule has 2 aromatic rings. The van der Waals surface area contributed by atoms with E-state index < -0.39 is 6.10 Å². The average molecular weight is 200 g/mol. The van der Waals surface area contributed by atoms with E-state index >= 15 is 0 Å². The fraction of sp³-hybridized carbons (Fsp3) is 0.0833. The predicted molar refractivity (Wildman–Crippen MR) is 59.2 cm³/mol. The molecule has 0 radical (unpaired) electrons. The number of nitrogen functional groups attached to an aromatic ring is 1. The molecule has 0 aliphatic heterocycles. The van der Waals surface area contributed by atoms with E-state index in [9.17, 15) is 5.11 Å². The largest absolute Gasteiger partial charge is 0.398 e. The lowest BCUT2D eigenvalue weighted by atomic mass is 10.0. The normalized spacial score (nSPS) is 12.3. The zero-order chi connectivity index (χ0) is 10.7. The van der Waals surface area contributed by atoms with Crippen LogP contribution >= 0.6 is 0 Å². The number of rotatable bonds is 2. The molecule has 0 bridgehead atoms. The van der Waals surface area contributed by atoms with Crippen molar-refractivity contribution in [2.24, 2.45) is 0 Å². The Bertz CT molecular complexity index is 442. The summed E-state index contributed by atoms with van der Waals surface area (Å²) in [6.07, 6.45) is 0.893. The predicted octanol–water partition coefficient (Wildman–Crippen LogP) is 1.75. The minimum absolute atomic E-state index is 0.579. The Hall–Kier alpha value is -1.87. The van der Waals surface area contributed by atoms with Gasteiger partial charge in [-0.1, -0.05) is 24.3 Å². The molecule has 15 heavy (non-hydrogen) atoms. The molecule has 76 valence electrons. The Balaban J connectivity index is 2.37. The van der Waals surface area contributed by atoms with Crippen molar-refractivity contribution in [1.29, 1.82) is 0 Å². The first-order valence-corrected chi connectivity index (χ1v) is 4.72. The Labute approximate surface area is 88.2 Å². The first kappa shape index (κ1) is 9.68. The van der Waals surface area contributed by atoms with Crippen LogP contribution in [0.2, 0.25) is 0 Å². The maximum Gasteiger partial charge on any atom is 0.123 e. The lowest BCUT2D eigenvalue weighted by Gasteiger charge is -2.12. The number of anilines is 1. The molecule has 3 heteroatoms. The van der Waals surface area contributed by atoms with Gasteiger partial charge in [-0.3, -0.25) is 4.98 Å². The van der Waals surface area contributed by atoms with Crippen LogP contribution in [0.4, 0.5) is 5.69 Å². The molecular weight excluding hydrogens is 188 g/mol. The second-order valence-electron chi connectivity index (χ2n) is 3.29. The Kier molecular flexibility index (Phi) is 2.65. The summed E-state index contributed by atoms with van der Waals surface area (Å²) in [6, 6.07) is 12.7. The zero-order valence-electron chi connectivity index (χ0n) is 8.17. The molecule has 0 spiro atoms. The van der Waals surface area contributed by atoms with Crippen LogP contribution in [0.25, 0.3) is 0 Å². The van der Waals surface area contributed by atoms with Crippen LogP contribution in [0.5, 0.6) is 0 Å². The summed E-state index contributed by atoms with van der Waals surface area (Å²) in [6.45, 7) is 0. The summed E-state index contributed by atoms with van der Waals surface area (Å²) in [5.41, 5.74) is 7.65. The number of hydrogen-bond donors (Lipinski definition) is 2. The van der Waals surface area contributed by atoms with Gasteiger partial charge in [0.25, 0.3) is 0 Å². The van der Waals surface area contributed by atoms with Crippen molar-refractivity contribution in [1.82, 2.24) is 4.98 Å². The SMILES string of the molecule is Nc1ccccc1C(O)c1ccccn1. The van der Waals surface area contributed by atoms with Crippen molar-refractivity contribution in [2.75, 3.05) is 5.73 Å². The number of hydrogen-bond acceptors (Lipinski definition) is 3. The van der Waals surface area contributed by atoms with Gasteiger partial charge in [0.2, 0.25) is 0 Å². The minimum atomic E-state index is -0.757. The van der Waals surface area contributed by atoms with Gasteiger partial charge in [-0.05, 0) is 18.2 Å². The van der Waals surface area contributed by atoms with Crippen LogP contribution in [-0.2, 0) is 0 Å². The number of aliphatic hydroxyl groups excluding tert-OH is 1. The molecule has 0 aliphatic carbocycles.